The van der Waals surface area contributed by atoms with Gasteiger partial charge >= 0.3 is 0 Å². The van der Waals surface area contributed by atoms with Crippen LogP contribution in [-0.2, 0) is 20.3 Å². The number of carbonyl (C=O) groups is 1. The maximum Gasteiger partial charge on any atom is 0.236 e. The van der Waals surface area contributed by atoms with E-state index in [1.165, 1.54) is 0 Å². The molecule has 0 saturated carbocycles. The van der Waals surface area contributed by atoms with Crippen molar-refractivity contribution in [1.82, 2.24) is 10.6 Å². The van der Waals surface area contributed by atoms with Crippen molar-refractivity contribution in [1.29, 1.82) is 0 Å². The molecule has 16 heavy (non-hydrogen) atoms. The van der Waals surface area contributed by atoms with Gasteiger partial charge in [0.25, 0.3) is 0 Å². The molecule has 2 N–H and O–H groups in total. The van der Waals surface area contributed by atoms with Crippen molar-refractivity contribution in [3.05, 3.63) is 0 Å². The van der Waals surface area contributed by atoms with Crippen LogP contribution in [0.4, 0.5) is 0 Å². The molecule has 2 unspecified atom stereocenters. The van der Waals surface area contributed by atoms with Crippen LogP contribution < -0.4 is 10.6 Å². The van der Waals surface area contributed by atoms with Crippen LogP contribution >= 0.6 is 0 Å². The number of nitrogens with one attached hydrogen (secondary N) is 2. The lowest BCUT2D eigenvalue weighted by molar-refractivity contribution is -0.122. The van der Waals surface area contributed by atoms with Gasteiger partial charge in [-0.2, -0.15) is 0 Å². The van der Waals surface area contributed by atoms with E-state index < -0.39 is 10.8 Å². The maximum absolute atomic E-state index is 11.5. The molecule has 0 aliphatic heterocycles. The fraction of sp³-hybridized carbons (Fsp3) is 0.900. The number of hydrogen-bond acceptors (Lipinski definition) is 4. The summed E-state index contributed by atoms with van der Waals surface area (Å²) >= 11 is 0. The summed E-state index contributed by atoms with van der Waals surface area (Å²) in [5.41, 5.74) is 0. The molecule has 0 saturated heterocycles. The zero-order chi connectivity index (χ0) is 12.4. The van der Waals surface area contributed by atoms with Crippen molar-refractivity contribution in [3.63, 3.8) is 0 Å². The highest BCUT2D eigenvalue weighted by Crippen LogP contribution is 1.84. The SMILES string of the molecule is COCCCNC(=O)C(C)NCCS(C)=O. The average molecular weight is 250 g/mol. The zero-order valence-electron chi connectivity index (χ0n) is 10.2. The Bertz CT molecular complexity index is 224. The normalized spacial score (nSPS) is 14.4. The van der Waals surface area contributed by atoms with Gasteiger partial charge in [0.15, 0.2) is 0 Å². The molecule has 0 aromatic heterocycles. The van der Waals surface area contributed by atoms with Crippen LogP contribution in [0, 0.1) is 0 Å². The van der Waals surface area contributed by atoms with Crippen molar-refractivity contribution in [3.8, 4) is 0 Å². The van der Waals surface area contributed by atoms with Crippen LogP contribution in [0.1, 0.15) is 13.3 Å². The summed E-state index contributed by atoms with van der Waals surface area (Å²) in [5.74, 6) is 0.541. The highest BCUT2D eigenvalue weighted by molar-refractivity contribution is 7.84. The molecule has 5 nitrogen and oxygen atoms in total. The van der Waals surface area contributed by atoms with Crippen LogP contribution in [0.25, 0.3) is 0 Å². The highest BCUT2D eigenvalue weighted by Gasteiger charge is 2.10. The topological polar surface area (TPSA) is 67.4 Å². The zero-order valence-corrected chi connectivity index (χ0v) is 11.1. The summed E-state index contributed by atoms with van der Waals surface area (Å²) in [6, 6.07) is -0.244. The van der Waals surface area contributed by atoms with E-state index in [2.05, 4.69) is 10.6 Å². The maximum atomic E-state index is 11.5. The molecular formula is C10H22N2O3S. The number of carbonyl (C=O) groups excluding carboxylic acids is 1. The molecule has 0 bridgehead atoms. The lowest BCUT2D eigenvalue weighted by Gasteiger charge is -2.13. The van der Waals surface area contributed by atoms with Crippen molar-refractivity contribution in [2.24, 2.45) is 0 Å². The quantitative estimate of drug-likeness (QED) is 0.541. The van der Waals surface area contributed by atoms with Gasteiger partial charge in [-0.25, -0.2) is 0 Å². The van der Waals surface area contributed by atoms with Crippen LogP contribution in [-0.4, -0.2) is 55.0 Å². The second-order valence-corrected chi connectivity index (χ2v) is 5.15. The van der Waals surface area contributed by atoms with Crippen molar-refractivity contribution in [2.75, 3.05) is 38.8 Å². The Kier molecular flexibility index (Phi) is 9.46. The van der Waals surface area contributed by atoms with E-state index in [9.17, 15) is 9.00 Å². The van der Waals surface area contributed by atoms with Gasteiger partial charge in [-0.15, -0.1) is 0 Å². The minimum absolute atomic E-state index is 0.0296. The van der Waals surface area contributed by atoms with E-state index >= 15 is 0 Å². The van der Waals surface area contributed by atoms with Crippen molar-refractivity contribution in [2.45, 2.75) is 19.4 Å². The largest absolute Gasteiger partial charge is 0.385 e. The summed E-state index contributed by atoms with van der Waals surface area (Å²) in [5, 5.41) is 5.82. The van der Waals surface area contributed by atoms with Gasteiger partial charge in [0.2, 0.25) is 5.91 Å². The molecule has 6 heteroatoms. The van der Waals surface area contributed by atoms with Crippen LogP contribution in [0.3, 0.4) is 0 Å². The molecule has 1 amide bonds. The first-order valence-corrected chi connectivity index (χ1v) is 7.10. The van der Waals surface area contributed by atoms with Crippen LogP contribution in [0.15, 0.2) is 0 Å². The van der Waals surface area contributed by atoms with Crippen molar-refractivity contribution >= 4 is 16.7 Å². The molecule has 0 aromatic carbocycles. The first-order valence-electron chi connectivity index (χ1n) is 5.38. The predicted octanol–water partition coefficient (Wildman–Crippen LogP) is -0.504. The Morgan fingerprint density at radius 2 is 2.12 bits per heavy atom. The van der Waals surface area contributed by atoms with E-state index in [1.807, 2.05) is 0 Å². The molecule has 96 valence electrons. The molecular weight excluding hydrogens is 228 g/mol. The summed E-state index contributed by atoms with van der Waals surface area (Å²) in [7, 11) is 0.822. The van der Waals surface area contributed by atoms with Crippen LogP contribution in [0.5, 0.6) is 0 Å². The van der Waals surface area contributed by atoms with Gasteiger partial charge in [0, 0.05) is 49.6 Å². The standard InChI is InChI=1S/C10H22N2O3S/c1-9(11-6-8-16(3)14)10(13)12-5-4-7-15-2/h9,11H,4-8H2,1-3H3,(H,12,13). The Morgan fingerprint density at radius 1 is 1.44 bits per heavy atom. The fourth-order valence-electron chi connectivity index (χ4n) is 1.09. The molecule has 2 atom stereocenters. The Morgan fingerprint density at radius 3 is 2.69 bits per heavy atom. The number of hydrogen-bond donors (Lipinski definition) is 2. The lowest BCUT2D eigenvalue weighted by atomic mass is 10.3. The van der Waals surface area contributed by atoms with Gasteiger partial charge in [-0.05, 0) is 13.3 Å². The minimum atomic E-state index is -0.814. The summed E-state index contributed by atoms with van der Waals surface area (Å²) in [6.45, 7) is 3.66. The third-order valence-corrected chi connectivity index (χ3v) is 2.84. The molecule has 0 aromatic rings. The van der Waals surface area contributed by atoms with Gasteiger partial charge in [0.05, 0.1) is 6.04 Å². The molecule has 0 radical (unpaired) electrons. The summed E-state index contributed by atoms with van der Waals surface area (Å²) in [6.07, 6.45) is 2.46. The van der Waals surface area contributed by atoms with Crippen molar-refractivity contribution < 1.29 is 13.7 Å². The highest BCUT2D eigenvalue weighted by atomic mass is 32.2. The van der Waals surface area contributed by atoms with E-state index in [-0.39, 0.29) is 11.9 Å². The van der Waals surface area contributed by atoms with Gasteiger partial charge in [-0.3, -0.25) is 9.00 Å². The van der Waals surface area contributed by atoms with E-state index in [0.717, 1.165) is 6.42 Å². The van der Waals surface area contributed by atoms with E-state index in [1.54, 1.807) is 20.3 Å². The van der Waals surface area contributed by atoms with Gasteiger partial charge in [-0.1, -0.05) is 0 Å². The third kappa shape index (κ3) is 8.82. The van der Waals surface area contributed by atoms with Gasteiger partial charge in [0.1, 0.15) is 0 Å². The lowest BCUT2D eigenvalue weighted by Crippen LogP contribution is -2.43. The Labute approximate surface area is 99.8 Å². The monoisotopic (exact) mass is 250 g/mol. The molecule has 0 aliphatic rings. The molecule has 0 rings (SSSR count). The first-order chi connectivity index (χ1) is 7.57. The molecule has 0 heterocycles. The number of amides is 1. The minimum Gasteiger partial charge on any atom is -0.385 e. The molecule has 0 fully saturated rings. The third-order valence-electron chi connectivity index (χ3n) is 2.06. The fourth-order valence-corrected chi connectivity index (χ4v) is 1.50. The number of rotatable bonds is 9. The Hall–Kier alpha value is -0.460. The van der Waals surface area contributed by atoms with Crippen LogP contribution in [0.2, 0.25) is 0 Å². The van der Waals surface area contributed by atoms with Gasteiger partial charge < -0.3 is 15.4 Å². The number of ether oxygens (including phenoxy) is 1. The van der Waals surface area contributed by atoms with E-state index in [4.69, 9.17) is 4.74 Å². The average Bonchev–Trinajstić information content (AvgIpc) is 2.23. The summed E-state index contributed by atoms with van der Waals surface area (Å²) < 4.78 is 15.7. The van der Waals surface area contributed by atoms with E-state index in [0.29, 0.717) is 25.4 Å². The number of methoxy groups -OCH3 is 1. The second-order valence-electron chi connectivity index (χ2n) is 3.59. The smallest absolute Gasteiger partial charge is 0.236 e. The molecule has 0 aliphatic carbocycles. The predicted molar refractivity (Wildman–Crippen MR) is 65.9 cm³/mol. The molecule has 0 spiro atoms. The first kappa shape index (κ1) is 15.5. The summed E-state index contributed by atoms with van der Waals surface area (Å²) in [4.78, 5) is 11.5. The Balaban J connectivity index is 3.53. The second kappa shape index (κ2) is 9.74.